The quantitative estimate of drug-likeness (QED) is 0.469. The average Bonchev–Trinajstić information content (AvgIpc) is 3.26. The Hall–Kier alpha value is -1.19. The van der Waals surface area contributed by atoms with E-state index in [2.05, 4.69) is 0 Å². The molecule has 2 aromatic carbocycles. The van der Waals surface area contributed by atoms with Gasteiger partial charge in [-0.3, -0.25) is 4.31 Å². The van der Waals surface area contributed by atoms with Crippen molar-refractivity contribution in [2.75, 3.05) is 29.7 Å². The van der Waals surface area contributed by atoms with Crippen molar-refractivity contribution in [3.05, 3.63) is 58.3 Å². The molecular weight excluding hydrogens is 470 g/mol. The minimum Gasteiger partial charge on any atom is -0.285 e. The van der Waals surface area contributed by atoms with Crippen LogP contribution < -0.4 is 4.31 Å². The largest absolute Gasteiger partial charge is 0.285 e. The highest BCUT2D eigenvalue weighted by molar-refractivity contribution is 7.89. The summed E-state index contributed by atoms with van der Waals surface area (Å²) < 4.78 is 55.4. The molecule has 3 rings (SSSR count). The Bertz CT molecular complexity index is 998. The molecule has 0 aromatic heterocycles. The number of benzene rings is 2. The number of hydrogen-bond donors (Lipinski definition) is 0. The number of nitrogens with zero attached hydrogens (tertiary/aromatic N) is 2. The van der Waals surface area contributed by atoms with Crippen molar-refractivity contribution >= 4 is 49.9 Å². The second-order valence-electron chi connectivity index (χ2n) is 7.03. The van der Waals surface area contributed by atoms with Crippen LogP contribution in [0, 0.1) is 5.82 Å². The lowest BCUT2D eigenvalue weighted by molar-refractivity contribution is 0.475. The summed E-state index contributed by atoms with van der Waals surface area (Å²) in [5, 5.41) is 0.824. The van der Waals surface area contributed by atoms with Gasteiger partial charge in [0.1, 0.15) is 5.82 Å². The first kappa shape index (κ1) is 23.5. The summed E-state index contributed by atoms with van der Waals surface area (Å²) >= 11 is 11.9. The molecular formula is C20H23Cl2FN2O3S2. The van der Waals surface area contributed by atoms with Gasteiger partial charge in [0.05, 0.1) is 16.3 Å². The van der Waals surface area contributed by atoms with E-state index in [-0.39, 0.29) is 18.0 Å². The van der Waals surface area contributed by atoms with Gasteiger partial charge in [0, 0.05) is 29.7 Å². The van der Waals surface area contributed by atoms with E-state index < -0.39 is 26.8 Å². The second-order valence-corrected chi connectivity index (χ2v) is 11.4. The minimum atomic E-state index is -3.29. The third-order valence-corrected chi connectivity index (χ3v) is 8.76. The zero-order chi connectivity index (χ0) is 21.7. The van der Waals surface area contributed by atoms with Crippen LogP contribution in [0.2, 0.25) is 10.0 Å². The number of sulfonamides is 1. The van der Waals surface area contributed by atoms with E-state index in [9.17, 15) is 17.0 Å². The summed E-state index contributed by atoms with van der Waals surface area (Å²) in [4.78, 5) is 0.462. The molecule has 1 aliphatic heterocycles. The van der Waals surface area contributed by atoms with Crippen LogP contribution in [-0.2, 0) is 21.0 Å². The van der Waals surface area contributed by atoms with Crippen LogP contribution in [-0.4, -0.2) is 42.3 Å². The molecule has 5 nitrogen and oxygen atoms in total. The lowest BCUT2D eigenvalue weighted by Gasteiger charge is -2.24. The number of unbranched alkanes of at least 4 members (excludes halogenated alkanes) is 1. The molecule has 0 bridgehead atoms. The SMILES string of the molecule is O=S(c1ccc(Cl)cc1)N(CCCCS(=O)(=O)N1CCCC1)c1cc(Cl)ccc1F. The number of halogens is 3. The summed E-state index contributed by atoms with van der Waals surface area (Å²) in [5.74, 6) is -0.529. The highest BCUT2D eigenvalue weighted by Gasteiger charge is 2.25. The minimum absolute atomic E-state index is 0.0203. The van der Waals surface area contributed by atoms with Gasteiger partial charge in [0.2, 0.25) is 10.0 Å². The topological polar surface area (TPSA) is 57.7 Å². The molecule has 1 fully saturated rings. The molecule has 0 N–H and O–H groups in total. The van der Waals surface area contributed by atoms with Crippen molar-refractivity contribution in [1.29, 1.82) is 0 Å². The predicted octanol–water partition coefficient (Wildman–Crippen LogP) is 4.87. The van der Waals surface area contributed by atoms with Crippen molar-refractivity contribution in [2.24, 2.45) is 0 Å². The molecule has 1 atom stereocenters. The molecule has 0 spiro atoms. The van der Waals surface area contributed by atoms with Gasteiger partial charge in [0.25, 0.3) is 0 Å². The van der Waals surface area contributed by atoms with Gasteiger partial charge in [-0.2, -0.15) is 0 Å². The van der Waals surface area contributed by atoms with E-state index >= 15 is 0 Å². The van der Waals surface area contributed by atoms with Gasteiger partial charge in [-0.15, -0.1) is 0 Å². The van der Waals surface area contributed by atoms with Gasteiger partial charge in [-0.05, 0) is 68.1 Å². The molecule has 0 amide bonds. The molecule has 0 radical (unpaired) electrons. The zero-order valence-electron chi connectivity index (χ0n) is 16.3. The highest BCUT2D eigenvalue weighted by atomic mass is 35.5. The van der Waals surface area contributed by atoms with Crippen molar-refractivity contribution in [3.8, 4) is 0 Å². The van der Waals surface area contributed by atoms with Gasteiger partial charge in [-0.25, -0.2) is 21.3 Å². The number of rotatable bonds is 9. The first-order chi connectivity index (χ1) is 14.3. The first-order valence-electron chi connectivity index (χ1n) is 9.66. The number of hydrogen-bond acceptors (Lipinski definition) is 3. The smallest absolute Gasteiger partial charge is 0.214 e. The van der Waals surface area contributed by atoms with E-state index in [1.807, 2.05) is 0 Å². The molecule has 1 unspecified atom stereocenters. The third-order valence-electron chi connectivity index (χ3n) is 4.86. The van der Waals surface area contributed by atoms with Crippen LogP contribution in [0.15, 0.2) is 47.4 Å². The second kappa shape index (κ2) is 10.4. The Kier molecular flexibility index (Phi) is 8.15. The molecule has 1 saturated heterocycles. The molecule has 1 heterocycles. The normalized spacial score (nSPS) is 16.0. The van der Waals surface area contributed by atoms with E-state index in [0.29, 0.717) is 40.9 Å². The van der Waals surface area contributed by atoms with E-state index in [1.54, 1.807) is 24.3 Å². The fraction of sp³-hybridized carbons (Fsp3) is 0.400. The number of anilines is 1. The average molecular weight is 493 g/mol. The molecule has 0 aliphatic carbocycles. The van der Waals surface area contributed by atoms with Crippen molar-refractivity contribution in [2.45, 2.75) is 30.6 Å². The lowest BCUT2D eigenvalue weighted by atomic mass is 10.3. The van der Waals surface area contributed by atoms with Crippen LogP contribution in [0.1, 0.15) is 25.7 Å². The van der Waals surface area contributed by atoms with Crippen LogP contribution in [0.4, 0.5) is 10.1 Å². The van der Waals surface area contributed by atoms with Crippen molar-refractivity contribution < 1.29 is 17.0 Å². The standard InChI is InChI=1S/C20H23Cl2FN2O3S2/c21-16-5-8-18(9-6-16)29(26)25(20-15-17(22)7-10-19(20)23)13-3-4-14-30(27,28)24-11-1-2-12-24/h5-10,15H,1-4,11-14H2. The summed E-state index contributed by atoms with van der Waals surface area (Å²) in [6.45, 7) is 1.35. The molecule has 10 heteroatoms. The lowest BCUT2D eigenvalue weighted by Crippen LogP contribution is -2.31. The Morgan fingerprint density at radius 2 is 1.63 bits per heavy atom. The van der Waals surface area contributed by atoms with E-state index in [0.717, 1.165) is 12.8 Å². The monoisotopic (exact) mass is 492 g/mol. The van der Waals surface area contributed by atoms with E-state index in [1.165, 1.54) is 26.8 Å². The molecule has 0 saturated carbocycles. The van der Waals surface area contributed by atoms with Crippen LogP contribution in [0.25, 0.3) is 0 Å². The van der Waals surface area contributed by atoms with Gasteiger partial charge in [-0.1, -0.05) is 23.2 Å². The first-order valence-corrected chi connectivity index (χ1v) is 13.1. The molecule has 164 valence electrons. The van der Waals surface area contributed by atoms with Gasteiger partial charge >= 0.3 is 0 Å². The summed E-state index contributed by atoms with van der Waals surface area (Å²) in [7, 11) is -4.99. The maximum Gasteiger partial charge on any atom is 0.214 e. The molecule has 30 heavy (non-hydrogen) atoms. The predicted molar refractivity (Wildman–Crippen MR) is 120 cm³/mol. The Labute approximate surface area is 189 Å². The molecule has 2 aromatic rings. The Morgan fingerprint density at radius 3 is 2.30 bits per heavy atom. The van der Waals surface area contributed by atoms with Crippen molar-refractivity contribution in [3.63, 3.8) is 0 Å². The van der Waals surface area contributed by atoms with Gasteiger partial charge in [0.15, 0.2) is 11.0 Å². The summed E-state index contributed by atoms with van der Waals surface area (Å²) in [6.07, 6.45) is 2.59. The summed E-state index contributed by atoms with van der Waals surface area (Å²) in [6, 6.07) is 10.5. The van der Waals surface area contributed by atoms with Crippen LogP contribution >= 0.6 is 23.2 Å². The third kappa shape index (κ3) is 5.95. The van der Waals surface area contributed by atoms with E-state index in [4.69, 9.17) is 23.2 Å². The Morgan fingerprint density at radius 1 is 1.00 bits per heavy atom. The summed E-state index contributed by atoms with van der Waals surface area (Å²) in [5.41, 5.74) is 0.109. The van der Waals surface area contributed by atoms with Gasteiger partial charge < -0.3 is 0 Å². The zero-order valence-corrected chi connectivity index (χ0v) is 19.4. The fourth-order valence-electron chi connectivity index (χ4n) is 3.28. The Balaban J connectivity index is 1.73. The highest BCUT2D eigenvalue weighted by Crippen LogP contribution is 2.28. The maximum atomic E-state index is 14.5. The van der Waals surface area contributed by atoms with Crippen LogP contribution in [0.3, 0.4) is 0 Å². The fourth-order valence-corrected chi connectivity index (χ4v) is 6.45. The van der Waals surface area contributed by atoms with Crippen molar-refractivity contribution in [1.82, 2.24) is 4.31 Å². The van der Waals surface area contributed by atoms with Crippen LogP contribution in [0.5, 0.6) is 0 Å². The molecule has 1 aliphatic rings. The maximum absolute atomic E-state index is 14.5.